The third kappa shape index (κ3) is 2.03. The van der Waals surface area contributed by atoms with Gasteiger partial charge in [-0.3, -0.25) is 4.79 Å². The number of aromatic amines is 1. The van der Waals surface area contributed by atoms with Gasteiger partial charge in [-0.1, -0.05) is 12.1 Å². The van der Waals surface area contributed by atoms with Crippen molar-refractivity contribution in [3.8, 4) is 10.6 Å². The van der Waals surface area contributed by atoms with Crippen LogP contribution in [0.3, 0.4) is 0 Å². The molecule has 0 aliphatic heterocycles. The molecule has 0 atom stereocenters. The maximum Gasteiger partial charge on any atom is 0.272 e. The second kappa shape index (κ2) is 4.58. The predicted molar refractivity (Wildman–Crippen MR) is 82.9 cm³/mol. The van der Waals surface area contributed by atoms with Gasteiger partial charge in [0, 0.05) is 5.39 Å². The summed E-state index contributed by atoms with van der Waals surface area (Å²) in [5, 5.41) is 8.52. The normalized spacial score (nSPS) is 11.1. The van der Waals surface area contributed by atoms with Crippen molar-refractivity contribution in [2.24, 2.45) is 0 Å². The van der Waals surface area contributed by atoms with Gasteiger partial charge in [-0.25, -0.2) is 5.10 Å². The van der Waals surface area contributed by atoms with Gasteiger partial charge in [0.05, 0.1) is 14.0 Å². The minimum absolute atomic E-state index is 0.129. The van der Waals surface area contributed by atoms with Gasteiger partial charge in [-0.15, -0.1) is 11.3 Å². The van der Waals surface area contributed by atoms with E-state index in [0.29, 0.717) is 0 Å². The van der Waals surface area contributed by atoms with Crippen LogP contribution in [0.5, 0.6) is 0 Å². The third-order valence-electron chi connectivity index (χ3n) is 3.16. The molecule has 0 saturated carbocycles. The van der Waals surface area contributed by atoms with Gasteiger partial charge in [-0.05, 0) is 53.0 Å². The fourth-order valence-corrected chi connectivity index (χ4v) is 3.63. The summed E-state index contributed by atoms with van der Waals surface area (Å²) in [5.41, 5.74) is 2.75. The molecular weight excluding hydrogens is 324 g/mol. The molecular formula is C14H11BrN2OS. The van der Waals surface area contributed by atoms with E-state index >= 15 is 0 Å². The summed E-state index contributed by atoms with van der Waals surface area (Å²) in [7, 11) is 0. The SMILES string of the molecule is Cc1ccc(C)c2c(=O)[nH]nc(-c3ccc(Br)s3)c12. The van der Waals surface area contributed by atoms with Gasteiger partial charge in [-0.2, -0.15) is 5.10 Å². The second-order valence-corrected chi connectivity index (χ2v) is 6.92. The Kier molecular flexibility index (Phi) is 3.03. The van der Waals surface area contributed by atoms with Gasteiger partial charge in [0.1, 0.15) is 5.69 Å². The standard InChI is InChI=1S/C14H11BrN2OS/c1-7-3-4-8(2)12-11(7)13(16-17-14(12)18)9-5-6-10(15)19-9/h3-6H,1-2H3,(H,17,18). The van der Waals surface area contributed by atoms with E-state index in [2.05, 4.69) is 26.1 Å². The van der Waals surface area contributed by atoms with Crippen LogP contribution < -0.4 is 5.56 Å². The van der Waals surface area contributed by atoms with Crippen molar-refractivity contribution in [3.05, 3.63) is 49.5 Å². The lowest BCUT2D eigenvalue weighted by Gasteiger charge is -2.08. The number of rotatable bonds is 1. The molecule has 0 amide bonds. The lowest BCUT2D eigenvalue weighted by atomic mass is 10.0. The Hall–Kier alpha value is -1.46. The van der Waals surface area contributed by atoms with E-state index in [4.69, 9.17) is 0 Å². The number of nitrogens with zero attached hydrogens (tertiary/aromatic N) is 1. The fraction of sp³-hybridized carbons (Fsp3) is 0.143. The highest BCUT2D eigenvalue weighted by molar-refractivity contribution is 9.11. The van der Waals surface area contributed by atoms with Crippen molar-refractivity contribution < 1.29 is 0 Å². The van der Waals surface area contributed by atoms with Crippen LogP contribution in [0.4, 0.5) is 0 Å². The number of aromatic nitrogens is 2. The van der Waals surface area contributed by atoms with Crippen LogP contribution in [0.15, 0.2) is 32.8 Å². The van der Waals surface area contributed by atoms with Crippen LogP contribution in [0.25, 0.3) is 21.3 Å². The van der Waals surface area contributed by atoms with E-state index in [1.807, 2.05) is 38.1 Å². The largest absolute Gasteiger partial charge is 0.272 e. The van der Waals surface area contributed by atoms with Crippen LogP contribution in [0, 0.1) is 13.8 Å². The summed E-state index contributed by atoms with van der Waals surface area (Å²) in [4.78, 5) is 13.1. The van der Waals surface area contributed by atoms with Crippen molar-refractivity contribution in [2.45, 2.75) is 13.8 Å². The maximum absolute atomic E-state index is 12.0. The zero-order valence-corrected chi connectivity index (χ0v) is 12.9. The summed E-state index contributed by atoms with van der Waals surface area (Å²) in [6, 6.07) is 8.01. The highest BCUT2D eigenvalue weighted by atomic mass is 79.9. The number of fused-ring (bicyclic) bond motifs is 1. The molecule has 0 aliphatic rings. The predicted octanol–water partition coefficient (Wildman–Crippen LogP) is 4.03. The molecule has 3 aromatic rings. The number of H-pyrrole nitrogens is 1. The van der Waals surface area contributed by atoms with Crippen molar-refractivity contribution in [1.29, 1.82) is 0 Å². The topological polar surface area (TPSA) is 45.8 Å². The molecule has 3 nitrogen and oxygen atoms in total. The van der Waals surface area contributed by atoms with Crippen molar-refractivity contribution in [3.63, 3.8) is 0 Å². The van der Waals surface area contributed by atoms with Gasteiger partial charge >= 0.3 is 0 Å². The van der Waals surface area contributed by atoms with E-state index in [1.165, 1.54) is 0 Å². The molecule has 3 rings (SSSR count). The number of aryl methyl sites for hydroxylation is 2. The Morgan fingerprint density at radius 3 is 2.42 bits per heavy atom. The zero-order valence-electron chi connectivity index (χ0n) is 10.5. The smallest absolute Gasteiger partial charge is 0.267 e. The molecule has 0 unspecified atom stereocenters. The van der Waals surface area contributed by atoms with Crippen molar-refractivity contribution in [2.75, 3.05) is 0 Å². The zero-order chi connectivity index (χ0) is 13.6. The Bertz CT molecular complexity index is 835. The minimum atomic E-state index is -0.129. The highest BCUT2D eigenvalue weighted by Gasteiger charge is 2.14. The van der Waals surface area contributed by atoms with Crippen LogP contribution in [-0.4, -0.2) is 10.2 Å². The summed E-state index contributed by atoms with van der Waals surface area (Å²) >= 11 is 5.07. The first-order valence-electron chi connectivity index (χ1n) is 5.82. The van der Waals surface area contributed by atoms with E-state index < -0.39 is 0 Å². The lowest BCUT2D eigenvalue weighted by molar-refractivity contribution is 1.02. The average Bonchev–Trinajstić information content (AvgIpc) is 2.80. The molecule has 2 aromatic heterocycles. The lowest BCUT2D eigenvalue weighted by Crippen LogP contribution is -2.11. The first-order valence-corrected chi connectivity index (χ1v) is 7.43. The third-order valence-corrected chi connectivity index (χ3v) is 4.79. The molecule has 1 N–H and O–H groups in total. The fourth-order valence-electron chi connectivity index (χ4n) is 2.25. The molecule has 1 aromatic carbocycles. The number of benzene rings is 1. The molecule has 2 heterocycles. The number of hydrogen-bond donors (Lipinski definition) is 1. The first-order chi connectivity index (χ1) is 9.08. The molecule has 0 aliphatic carbocycles. The van der Waals surface area contributed by atoms with Gasteiger partial charge < -0.3 is 0 Å². The number of hydrogen-bond acceptors (Lipinski definition) is 3. The number of halogens is 1. The maximum atomic E-state index is 12.0. The Balaban J connectivity index is 2.48. The molecule has 96 valence electrons. The Labute approximate surface area is 122 Å². The van der Waals surface area contributed by atoms with Gasteiger partial charge in [0.15, 0.2) is 0 Å². The van der Waals surface area contributed by atoms with Crippen LogP contribution in [-0.2, 0) is 0 Å². The van der Waals surface area contributed by atoms with Crippen molar-refractivity contribution >= 4 is 38.0 Å². The van der Waals surface area contributed by atoms with Crippen LogP contribution in [0.2, 0.25) is 0 Å². The quantitative estimate of drug-likeness (QED) is 0.730. The highest BCUT2D eigenvalue weighted by Crippen LogP contribution is 2.34. The summed E-state index contributed by atoms with van der Waals surface area (Å²) < 4.78 is 1.05. The molecule has 0 saturated heterocycles. The summed E-state index contributed by atoms with van der Waals surface area (Å²) in [5.74, 6) is 0. The van der Waals surface area contributed by atoms with E-state index in [9.17, 15) is 4.79 Å². The summed E-state index contributed by atoms with van der Waals surface area (Å²) in [6.45, 7) is 3.96. The van der Waals surface area contributed by atoms with Crippen LogP contribution >= 0.6 is 27.3 Å². The number of thiophene rings is 1. The first kappa shape index (κ1) is 12.6. The van der Waals surface area contributed by atoms with Gasteiger partial charge in [0.2, 0.25) is 0 Å². The van der Waals surface area contributed by atoms with E-state index in [-0.39, 0.29) is 5.56 Å². The second-order valence-electron chi connectivity index (χ2n) is 4.45. The molecule has 0 spiro atoms. The van der Waals surface area contributed by atoms with E-state index in [1.54, 1.807) is 11.3 Å². The van der Waals surface area contributed by atoms with Gasteiger partial charge in [0.25, 0.3) is 5.56 Å². The monoisotopic (exact) mass is 334 g/mol. The average molecular weight is 335 g/mol. The van der Waals surface area contributed by atoms with E-state index in [0.717, 1.165) is 36.3 Å². The van der Waals surface area contributed by atoms with Crippen LogP contribution in [0.1, 0.15) is 11.1 Å². The molecule has 0 bridgehead atoms. The number of nitrogens with one attached hydrogen (secondary N) is 1. The molecule has 0 fully saturated rings. The molecule has 19 heavy (non-hydrogen) atoms. The summed E-state index contributed by atoms with van der Waals surface area (Å²) in [6.07, 6.45) is 0. The molecule has 0 radical (unpaired) electrons. The minimum Gasteiger partial charge on any atom is -0.267 e. The Morgan fingerprint density at radius 2 is 1.79 bits per heavy atom. The molecule has 5 heteroatoms. The van der Waals surface area contributed by atoms with Crippen molar-refractivity contribution in [1.82, 2.24) is 10.2 Å². The Morgan fingerprint density at radius 1 is 1.11 bits per heavy atom.